The highest BCUT2D eigenvalue weighted by molar-refractivity contribution is 7.13. The molecule has 2 aromatic carbocycles. The summed E-state index contributed by atoms with van der Waals surface area (Å²) in [4.78, 5) is 27.6. The maximum Gasteiger partial charge on any atom is 0.286 e. The van der Waals surface area contributed by atoms with Crippen LogP contribution >= 0.6 is 11.3 Å². The molecule has 1 aliphatic heterocycles. The van der Waals surface area contributed by atoms with Crippen LogP contribution in [0.3, 0.4) is 0 Å². The number of carbonyl (C=O) groups is 2. The van der Waals surface area contributed by atoms with E-state index in [0.717, 1.165) is 18.8 Å². The van der Waals surface area contributed by atoms with Crippen LogP contribution in [0.1, 0.15) is 51.4 Å². The number of carbonyl (C=O) groups excluding carboxylic acids is 2. The maximum atomic E-state index is 12.6. The van der Waals surface area contributed by atoms with Crippen LogP contribution in [0.25, 0.3) is 0 Å². The first-order chi connectivity index (χ1) is 16.6. The zero-order valence-electron chi connectivity index (χ0n) is 19.2. The van der Waals surface area contributed by atoms with Crippen molar-refractivity contribution in [1.29, 1.82) is 0 Å². The summed E-state index contributed by atoms with van der Waals surface area (Å²) in [5.74, 6) is 0.196. The Labute approximate surface area is 203 Å². The molecule has 1 aromatic heterocycles. The third kappa shape index (κ3) is 6.61. The number of likely N-dealkylation sites (tertiary alicyclic amines) is 1. The number of nitrogens with one attached hydrogen (secondary N) is 2. The van der Waals surface area contributed by atoms with Crippen molar-refractivity contribution >= 4 is 28.8 Å². The molecule has 1 atom stereocenters. The van der Waals surface area contributed by atoms with Crippen LogP contribution < -0.4 is 15.4 Å². The fourth-order valence-electron chi connectivity index (χ4n) is 3.89. The Morgan fingerprint density at radius 1 is 1.09 bits per heavy atom. The number of amides is 2. The molecule has 34 heavy (non-hydrogen) atoms. The fraction of sp³-hybridized carbons (Fsp3) is 0.360. The zero-order valence-corrected chi connectivity index (χ0v) is 20.0. The number of hydrogen-bond donors (Lipinski definition) is 2. The van der Waals surface area contributed by atoms with E-state index in [1.165, 1.54) is 30.6 Å². The van der Waals surface area contributed by atoms with E-state index in [1.54, 1.807) is 24.3 Å². The van der Waals surface area contributed by atoms with Crippen LogP contribution in [0.4, 0.5) is 5.69 Å². The number of para-hydroxylation sites is 1. The predicted molar refractivity (Wildman–Crippen MR) is 132 cm³/mol. The molecule has 1 aliphatic rings. The van der Waals surface area contributed by atoms with Crippen molar-refractivity contribution in [3.8, 4) is 5.75 Å². The van der Waals surface area contributed by atoms with Crippen molar-refractivity contribution in [3.05, 3.63) is 70.2 Å². The molecule has 2 heterocycles. The van der Waals surface area contributed by atoms with Gasteiger partial charge in [-0.3, -0.25) is 14.5 Å². The van der Waals surface area contributed by atoms with E-state index in [0.29, 0.717) is 28.8 Å². The van der Waals surface area contributed by atoms with Gasteiger partial charge in [0.15, 0.2) is 5.01 Å². The Balaban J connectivity index is 1.27. The Morgan fingerprint density at radius 3 is 2.76 bits per heavy atom. The van der Waals surface area contributed by atoms with Crippen LogP contribution in [0.5, 0.6) is 5.75 Å². The van der Waals surface area contributed by atoms with Gasteiger partial charge in [-0.15, -0.1) is 10.2 Å². The van der Waals surface area contributed by atoms with Crippen molar-refractivity contribution in [2.24, 2.45) is 0 Å². The molecule has 0 bridgehead atoms. The molecule has 0 saturated carbocycles. The normalized spacial score (nSPS) is 16.1. The molecule has 1 fully saturated rings. The van der Waals surface area contributed by atoms with Crippen LogP contribution in [-0.2, 0) is 6.61 Å². The summed E-state index contributed by atoms with van der Waals surface area (Å²) in [7, 11) is 0. The minimum Gasteiger partial charge on any atom is -0.486 e. The first-order valence-electron chi connectivity index (χ1n) is 11.5. The average molecular weight is 480 g/mol. The molecular weight excluding hydrogens is 450 g/mol. The smallest absolute Gasteiger partial charge is 0.286 e. The van der Waals surface area contributed by atoms with Crippen LogP contribution in [-0.4, -0.2) is 52.6 Å². The van der Waals surface area contributed by atoms with E-state index in [4.69, 9.17) is 4.74 Å². The van der Waals surface area contributed by atoms with Crippen LogP contribution in [0, 0.1) is 0 Å². The summed E-state index contributed by atoms with van der Waals surface area (Å²) < 4.78 is 5.65. The highest BCUT2D eigenvalue weighted by Gasteiger charge is 2.18. The second-order valence-electron chi connectivity index (χ2n) is 8.27. The molecule has 9 heteroatoms. The van der Waals surface area contributed by atoms with E-state index < -0.39 is 0 Å². The van der Waals surface area contributed by atoms with Gasteiger partial charge in [0.2, 0.25) is 5.01 Å². The van der Waals surface area contributed by atoms with Gasteiger partial charge in [0, 0.05) is 30.4 Å². The molecule has 0 spiro atoms. The number of piperidine rings is 1. The lowest BCUT2D eigenvalue weighted by molar-refractivity contribution is 0.0937. The molecule has 8 nitrogen and oxygen atoms in total. The lowest BCUT2D eigenvalue weighted by Gasteiger charge is -2.33. The Bertz CT molecular complexity index is 1100. The Kier molecular flexibility index (Phi) is 8.21. The monoisotopic (exact) mass is 479 g/mol. The van der Waals surface area contributed by atoms with E-state index in [9.17, 15) is 9.59 Å². The van der Waals surface area contributed by atoms with Gasteiger partial charge in [0.05, 0.1) is 0 Å². The number of ether oxygens (including phenoxy) is 1. The number of benzene rings is 2. The molecule has 1 saturated heterocycles. The largest absolute Gasteiger partial charge is 0.486 e. The van der Waals surface area contributed by atoms with Crippen molar-refractivity contribution in [2.75, 3.05) is 25.0 Å². The number of aromatic nitrogens is 2. The average Bonchev–Trinajstić information content (AvgIpc) is 3.34. The molecule has 178 valence electrons. The van der Waals surface area contributed by atoms with Crippen molar-refractivity contribution in [1.82, 2.24) is 20.4 Å². The first kappa shape index (κ1) is 23.8. The van der Waals surface area contributed by atoms with Crippen LogP contribution in [0.2, 0.25) is 0 Å². The second kappa shape index (κ2) is 11.7. The highest BCUT2D eigenvalue weighted by atomic mass is 32.1. The zero-order chi connectivity index (χ0) is 23.8. The summed E-state index contributed by atoms with van der Waals surface area (Å²) in [6.45, 7) is 5.00. The lowest BCUT2D eigenvalue weighted by atomic mass is 10.0. The molecule has 2 amide bonds. The molecular formula is C25H29N5O3S. The SMILES string of the molecule is C[C@H]1CCCCN1CCNC(=O)c1cccc(NC(=O)c2nnc(COc3ccccc3)s2)c1. The molecule has 0 aliphatic carbocycles. The highest BCUT2D eigenvalue weighted by Crippen LogP contribution is 2.18. The van der Waals surface area contributed by atoms with Gasteiger partial charge < -0.3 is 15.4 Å². The van der Waals surface area contributed by atoms with Gasteiger partial charge in [0.1, 0.15) is 12.4 Å². The van der Waals surface area contributed by atoms with Gasteiger partial charge in [-0.2, -0.15) is 0 Å². The van der Waals surface area contributed by atoms with E-state index >= 15 is 0 Å². The van der Waals surface area contributed by atoms with E-state index in [-0.39, 0.29) is 23.4 Å². The summed E-state index contributed by atoms with van der Waals surface area (Å²) in [5, 5.41) is 14.6. The molecule has 0 unspecified atom stereocenters. The van der Waals surface area contributed by atoms with Crippen molar-refractivity contribution in [2.45, 2.75) is 38.8 Å². The number of rotatable bonds is 9. The summed E-state index contributed by atoms with van der Waals surface area (Å²) in [6, 6.07) is 16.8. The summed E-state index contributed by atoms with van der Waals surface area (Å²) in [5.41, 5.74) is 1.03. The molecule has 4 rings (SSSR count). The first-order valence-corrected chi connectivity index (χ1v) is 12.3. The number of nitrogens with zero attached hydrogens (tertiary/aromatic N) is 3. The van der Waals surface area contributed by atoms with E-state index in [1.807, 2.05) is 30.3 Å². The van der Waals surface area contributed by atoms with Crippen molar-refractivity contribution < 1.29 is 14.3 Å². The predicted octanol–water partition coefficient (Wildman–Crippen LogP) is 3.97. The minimum absolute atomic E-state index is 0.156. The summed E-state index contributed by atoms with van der Waals surface area (Å²) >= 11 is 1.17. The molecule has 2 N–H and O–H groups in total. The third-order valence-corrected chi connectivity index (χ3v) is 6.67. The standard InChI is InChI=1S/C25H29N5O3S/c1-18-8-5-6-14-30(18)15-13-26-23(31)19-9-7-10-20(16-19)27-24(32)25-29-28-22(34-25)17-33-21-11-3-2-4-12-21/h2-4,7,9-12,16,18H,5-6,8,13-15,17H2,1H3,(H,26,31)(H,27,32)/t18-/m0/s1. The van der Waals surface area contributed by atoms with Crippen molar-refractivity contribution in [3.63, 3.8) is 0 Å². The van der Waals surface area contributed by atoms with Gasteiger partial charge >= 0.3 is 0 Å². The third-order valence-electron chi connectivity index (χ3n) is 5.77. The topological polar surface area (TPSA) is 96.5 Å². The Morgan fingerprint density at radius 2 is 1.94 bits per heavy atom. The number of anilines is 1. The van der Waals surface area contributed by atoms with E-state index in [2.05, 4.69) is 32.7 Å². The second-order valence-corrected chi connectivity index (χ2v) is 9.34. The van der Waals surface area contributed by atoms with Crippen LogP contribution in [0.15, 0.2) is 54.6 Å². The molecule has 0 radical (unpaired) electrons. The lowest BCUT2D eigenvalue weighted by Crippen LogP contribution is -2.42. The minimum atomic E-state index is -0.375. The quantitative estimate of drug-likeness (QED) is 0.482. The van der Waals surface area contributed by atoms with Gasteiger partial charge in [-0.25, -0.2) is 0 Å². The van der Waals surface area contributed by atoms with Gasteiger partial charge in [-0.1, -0.05) is 42.0 Å². The maximum absolute atomic E-state index is 12.6. The molecule has 3 aromatic rings. The number of hydrogen-bond acceptors (Lipinski definition) is 7. The van der Waals surface area contributed by atoms with Gasteiger partial charge in [-0.05, 0) is 56.6 Å². The fourth-order valence-corrected chi connectivity index (χ4v) is 4.54. The van der Waals surface area contributed by atoms with Gasteiger partial charge in [0.25, 0.3) is 11.8 Å². The Hall–Kier alpha value is -3.30. The summed E-state index contributed by atoms with van der Waals surface area (Å²) in [6.07, 6.45) is 3.71.